The van der Waals surface area contributed by atoms with Gasteiger partial charge in [-0.1, -0.05) is 12.1 Å². The molecule has 1 aliphatic carbocycles. The molecule has 0 unspecified atom stereocenters. The Hall–Kier alpha value is -3.42. The van der Waals surface area contributed by atoms with Gasteiger partial charge in [0.15, 0.2) is 11.5 Å². The van der Waals surface area contributed by atoms with Crippen molar-refractivity contribution in [2.24, 2.45) is 5.92 Å². The molecule has 0 aromatic heterocycles. The number of rotatable bonds is 8. The van der Waals surface area contributed by atoms with Gasteiger partial charge < -0.3 is 20.1 Å². The number of ether oxygens (including phenoxy) is 2. The van der Waals surface area contributed by atoms with Crippen molar-refractivity contribution in [1.29, 1.82) is 0 Å². The Morgan fingerprint density at radius 3 is 2.53 bits per heavy atom. The van der Waals surface area contributed by atoms with Gasteiger partial charge in [-0.3, -0.25) is 9.59 Å². The van der Waals surface area contributed by atoms with Crippen molar-refractivity contribution in [1.82, 2.24) is 0 Å². The molecule has 3 rings (SSSR count). The lowest BCUT2D eigenvalue weighted by atomic mass is 10.1. The summed E-state index contributed by atoms with van der Waals surface area (Å²) in [7, 11) is 1.34. The van der Waals surface area contributed by atoms with Gasteiger partial charge in [-0.05, 0) is 61.2 Å². The Kier molecular flexibility index (Phi) is 6.66. The highest BCUT2D eigenvalue weighted by molar-refractivity contribution is 6.03. The van der Waals surface area contributed by atoms with Crippen LogP contribution in [0.1, 0.15) is 24.0 Å². The first-order chi connectivity index (χ1) is 14.4. The molecular formula is C22H22F2N2O4. The van der Waals surface area contributed by atoms with E-state index in [4.69, 9.17) is 4.74 Å². The van der Waals surface area contributed by atoms with Gasteiger partial charge in [-0.2, -0.15) is 8.78 Å². The van der Waals surface area contributed by atoms with Crippen LogP contribution in [-0.4, -0.2) is 25.5 Å². The van der Waals surface area contributed by atoms with Gasteiger partial charge in [0, 0.05) is 23.4 Å². The minimum Gasteiger partial charge on any atom is -0.493 e. The summed E-state index contributed by atoms with van der Waals surface area (Å²) in [5.41, 5.74) is 2.62. The second-order valence-corrected chi connectivity index (χ2v) is 6.90. The van der Waals surface area contributed by atoms with Crippen LogP contribution < -0.4 is 20.1 Å². The van der Waals surface area contributed by atoms with E-state index in [0.717, 1.165) is 18.4 Å². The van der Waals surface area contributed by atoms with Crippen molar-refractivity contribution >= 4 is 29.3 Å². The van der Waals surface area contributed by atoms with Crippen molar-refractivity contribution in [3.8, 4) is 11.5 Å². The Balaban J connectivity index is 1.66. The monoisotopic (exact) mass is 416 g/mol. The molecule has 1 saturated carbocycles. The first kappa shape index (κ1) is 21.3. The SMILES string of the molecule is COc1cc(C=CC(=O)Nc2cc(NC(=O)C3CC3)ccc2C)ccc1OC(F)F. The van der Waals surface area contributed by atoms with Crippen LogP contribution in [0.3, 0.4) is 0 Å². The molecule has 158 valence electrons. The molecule has 2 N–H and O–H groups in total. The van der Waals surface area contributed by atoms with Crippen LogP contribution in [0.4, 0.5) is 20.2 Å². The predicted octanol–water partition coefficient (Wildman–Crippen LogP) is 4.61. The first-order valence-electron chi connectivity index (χ1n) is 9.39. The van der Waals surface area contributed by atoms with Gasteiger partial charge in [0.2, 0.25) is 11.8 Å². The number of amides is 2. The van der Waals surface area contributed by atoms with E-state index in [9.17, 15) is 18.4 Å². The lowest BCUT2D eigenvalue weighted by Crippen LogP contribution is -2.14. The number of carbonyl (C=O) groups is 2. The smallest absolute Gasteiger partial charge is 0.387 e. The number of carbonyl (C=O) groups excluding carboxylic acids is 2. The zero-order valence-electron chi connectivity index (χ0n) is 16.6. The lowest BCUT2D eigenvalue weighted by molar-refractivity contribution is -0.117. The lowest BCUT2D eigenvalue weighted by Gasteiger charge is -2.11. The van der Waals surface area contributed by atoms with E-state index in [2.05, 4.69) is 15.4 Å². The maximum atomic E-state index is 12.4. The minimum absolute atomic E-state index is 0.00996. The number of hydrogen-bond acceptors (Lipinski definition) is 4. The fraction of sp³-hybridized carbons (Fsp3) is 0.273. The third kappa shape index (κ3) is 5.79. The fourth-order valence-electron chi connectivity index (χ4n) is 2.75. The molecule has 30 heavy (non-hydrogen) atoms. The Bertz CT molecular complexity index is 972. The number of anilines is 2. The van der Waals surface area contributed by atoms with Gasteiger partial charge >= 0.3 is 6.61 Å². The van der Waals surface area contributed by atoms with Crippen LogP contribution in [0.2, 0.25) is 0 Å². The fourth-order valence-corrected chi connectivity index (χ4v) is 2.75. The molecule has 6 nitrogen and oxygen atoms in total. The zero-order valence-corrected chi connectivity index (χ0v) is 16.6. The average molecular weight is 416 g/mol. The highest BCUT2D eigenvalue weighted by Gasteiger charge is 2.29. The summed E-state index contributed by atoms with van der Waals surface area (Å²) in [5.74, 6) is -0.260. The summed E-state index contributed by atoms with van der Waals surface area (Å²) in [6, 6.07) is 9.68. The third-order valence-corrected chi connectivity index (χ3v) is 4.54. The molecule has 1 fully saturated rings. The van der Waals surface area contributed by atoms with Crippen LogP contribution in [0.25, 0.3) is 6.08 Å². The third-order valence-electron chi connectivity index (χ3n) is 4.54. The molecule has 0 heterocycles. The maximum Gasteiger partial charge on any atom is 0.387 e. The Morgan fingerprint density at radius 1 is 1.10 bits per heavy atom. The normalized spacial score (nSPS) is 13.4. The zero-order chi connectivity index (χ0) is 21.7. The molecule has 2 aromatic rings. The van der Waals surface area contributed by atoms with Crippen molar-refractivity contribution in [2.75, 3.05) is 17.7 Å². The van der Waals surface area contributed by atoms with E-state index in [1.807, 2.05) is 13.0 Å². The second-order valence-electron chi connectivity index (χ2n) is 6.90. The molecule has 0 aliphatic heterocycles. The molecule has 8 heteroatoms. The van der Waals surface area contributed by atoms with E-state index >= 15 is 0 Å². The van der Waals surface area contributed by atoms with Crippen LogP contribution in [0.15, 0.2) is 42.5 Å². The molecule has 0 saturated heterocycles. The van der Waals surface area contributed by atoms with Crippen molar-refractivity contribution in [3.05, 3.63) is 53.6 Å². The Labute approximate surface area is 172 Å². The maximum absolute atomic E-state index is 12.4. The van der Waals surface area contributed by atoms with Gasteiger partial charge in [0.05, 0.1) is 7.11 Å². The van der Waals surface area contributed by atoms with E-state index in [-0.39, 0.29) is 29.2 Å². The van der Waals surface area contributed by atoms with Crippen LogP contribution in [0, 0.1) is 12.8 Å². The van der Waals surface area contributed by atoms with Crippen molar-refractivity contribution < 1.29 is 27.8 Å². The van der Waals surface area contributed by atoms with Gasteiger partial charge in [-0.25, -0.2) is 0 Å². The highest BCUT2D eigenvalue weighted by atomic mass is 19.3. The molecule has 0 radical (unpaired) electrons. The highest BCUT2D eigenvalue weighted by Crippen LogP contribution is 2.31. The number of halogens is 2. The van der Waals surface area contributed by atoms with Crippen molar-refractivity contribution in [3.63, 3.8) is 0 Å². The molecule has 0 atom stereocenters. The van der Waals surface area contributed by atoms with Gasteiger partial charge in [0.1, 0.15) is 0 Å². The summed E-state index contributed by atoms with van der Waals surface area (Å²) >= 11 is 0. The number of methoxy groups -OCH3 is 1. The predicted molar refractivity (Wildman–Crippen MR) is 110 cm³/mol. The molecular weight excluding hydrogens is 394 g/mol. The van der Waals surface area contributed by atoms with Crippen LogP contribution in [0.5, 0.6) is 11.5 Å². The van der Waals surface area contributed by atoms with Crippen molar-refractivity contribution in [2.45, 2.75) is 26.4 Å². The van der Waals surface area contributed by atoms with Crippen LogP contribution >= 0.6 is 0 Å². The topological polar surface area (TPSA) is 76.7 Å². The average Bonchev–Trinajstić information content (AvgIpc) is 3.55. The Morgan fingerprint density at radius 2 is 1.87 bits per heavy atom. The number of benzene rings is 2. The quantitative estimate of drug-likeness (QED) is 0.617. The van der Waals surface area contributed by atoms with Gasteiger partial charge in [-0.15, -0.1) is 0 Å². The summed E-state index contributed by atoms with van der Waals surface area (Å²) in [5, 5.41) is 5.62. The number of alkyl halides is 2. The summed E-state index contributed by atoms with van der Waals surface area (Å²) in [6.07, 6.45) is 4.66. The van der Waals surface area contributed by atoms with Crippen LogP contribution in [-0.2, 0) is 9.59 Å². The summed E-state index contributed by atoms with van der Waals surface area (Å²) in [4.78, 5) is 24.2. The van der Waals surface area contributed by atoms with E-state index in [1.54, 1.807) is 12.1 Å². The van der Waals surface area contributed by atoms with E-state index in [1.165, 1.54) is 37.5 Å². The molecule has 1 aliphatic rings. The second kappa shape index (κ2) is 9.39. The van der Waals surface area contributed by atoms with E-state index < -0.39 is 6.61 Å². The number of hydrogen-bond donors (Lipinski definition) is 2. The number of nitrogens with one attached hydrogen (secondary N) is 2. The summed E-state index contributed by atoms with van der Waals surface area (Å²) in [6.45, 7) is -1.11. The molecule has 2 amide bonds. The largest absolute Gasteiger partial charge is 0.493 e. The molecule has 2 aromatic carbocycles. The summed E-state index contributed by atoms with van der Waals surface area (Å²) < 4.78 is 34.2. The molecule has 0 spiro atoms. The first-order valence-corrected chi connectivity index (χ1v) is 9.39. The van der Waals surface area contributed by atoms with E-state index in [0.29, 0.717) is 16.9 Å². The minimum atomic E-state index is -2.96. The molecule has 0 bridgehead atoms. The van der Waals surface area contributed by atoms with Gasteiger partial charge in [0.25, 0.3) is 0 Å². The standard InChI is InChI=1S/C22H22F2N2O4/c1-13-3-8-16(25-21(28)15-6-7-15)12-17(13)26-20(27)10-5-14-4-9-18(30-22(23)24)19(11-14)29-2/h3-5,8-12,15,22H,6-7H2,1-2H3,(H,25,28)(H,26,27). The number of aryl methyl sites for hydroxylation is 1.